The molecule has 0 fully saturated rings. The molecule has 12 heavy (non-hydrogen) atoms. The van der Waals surface area contributed by atoms with E-state index in [1.165, 1.54) is 11.5 Å². The van der Waals surface area contributed by atoms with Crippen molar-refractivity contribution in [1.29, 1.82) is 0 Å². The summed E-state index contributed by atoms with van der Waals surface area (Å²) in [5.41, 5.74) is 1.69. The van der Waals surface area contributed by atoms with Gasteiger partial charge in [-0.25, -0.2) is 4.98 Å². The van der Waals surface area contributed by atoms with Crippen LogP contribution in [0.1, 0.15) is 5.69 Å². The first-order valence-corrected chi connectivity index (χ1v) is 5.26. The van der Waals surface area contributed by atoms with Gasteiger partial charge in [0.2, 0.25) is 0 Å². The minimum Gasteiger partial charge on any atom is -0.244 e. The van der Waals surface area contributed by atoms with Gasteiger partial charge in [0.05, 0.1) is 5.69 Å². The highest BCUT2D eigenvalue weighted by molar-refractivity contribution is 9.08. The van der Waals surface area contributed by atoms with Gasteiger partial charge in [-0.2, -0.15) is 4.37 Å². The molecule has 0 amide bonds. The molecule has 2 rings (SSSR count). The highest BCUT2D eigenvalue weighted by atomic mass is 79.9. The fourth-order valence-corrected chi connectivity index (χ4v) is 2.32. The summed E-state index contributed by atoms with van der Waals surface area (Å²) in [6.07, 6.45) is 1.65. The van der Waals surface area contributed by atoms with Crippen LogP contribution in [0, 0.1) is 0 Å². The Morgan fingerprint density at radius 1 is 1.58 bits per heavy atom. The van der Waals surface area contributed by atoms with Crippen LogP contribution in [0.4, 0.5) is 0 Å². The quantitative estimate of drug-likeness (QED) is 0.554. The van der Waals surface area contributed by atoms with Crippen LogP contribution in [-0.2, 0) is 5.33 Å². The first kappa shape index (κ1) is 8.20. The van der Waals surface area contributed by atoms with E-state index in [-0.39, 0.29) is 0 Å². The van der Waals surface area contributed by atoms with Gasteiger partial charge >= 0.3 is 0 Å². The van der Waals surface area contributed by atoms with Gasteiger partial charge in [0.1, 0.15) is 12.7 Å². The number of hydrogen-bond acceptors (Lipinski definition) is 3. The number of pyridine rings is 1. The predicted octanol–water partition coefficient (Wildman–Crippen LogP) is 1.38. The predicted molar refractivity (Wildman–Crippen MR) is 55.4 cm³/mol. The Labute approximate surface area is 83.7 Å². The lowest BCUT2D eigenvalue weighted by Gasteiger charge is -1.92. The van der Waals surface area contributed by atoms with Gasteiger partial charge < -0.3 is 0 Å². The molecular weight excluding hydrogens is 235 g/mol. The normalized spacial score (nSPS) is 10.8. The average Bonchev–Trinajstić information content (AvgIpc) is 2.46. The van der Waals surface area contributed by atoms with Crippen LogP contribution in [0.3, 0.4) is 0 Å². The lowest BCUT2D eigenvalue weighted by molar-refractivity contribution is 1.34. The third kappa shape index (κ3) is 1.27. The average molecular weight is 239 g/mol. The summed E-state index contributed by atoms with van der Waals surface area (Å²) in [4.78, 5) is 5.10. The van der Waals surface area contributed by atoms with E-state index in [0.29, 0.717) is 5.46 Å². The lowest BCUT2D eigenvalue weighted by Crippen LogP contribution is -2.01. The molecule has 0 aliphatic rings. The molecular formula is C7H4BBrN2S. The lowest BCUT2D eigenvalue weighted by atomic mass is 9.98. The minimum absolute atomic E-state index is 0.685. The zero-order valence-corrected chi connectivity index (χ0v) is 8.52. The largest absolute Gasteiger partial charge is 0.244 e. The topological polar surface area (TPSA) is 25.8 Å². The SMILES string of the molecule is [B]c1cnc2snc(CBr)c2c1. The Hall–Kier alpha value is -0.415. The molecule has 0 saturated carbocycles. The van der Waals surface area contributed by atoms with Crippen molar-refractivity contribution in [3.05, 3.63) is 18.0 Å². The highest BCUT2D eigenvalue weighted by Crippen LogP contribution is 2.20. The van der Waals surface area contributed by atoms with Crippen LogP contribution >= 0.6 is 27.5 Å². The molecule has 0 saturated heterocycles. The van der Waals surface area contributed by atoms with E-state index in [9.17, 15) is 0 Å². The number of fused-ring (bicyclic) bond motifs is 1. The molecule has 2 nitrogen and oxygen atoms in total. The van der Waals surface area contributed by atoms with Crippen molar-refractivity contribution in [2.24, 2.45) is 0 Å². The number of rotatable bonds is 1. The van der Waals surface area contributed by atoms with Crippen LogP contribution < -0.4 is 5.46 Å². The van der Waals surface area contributed by atoms with Crippen molar-refractivity contribution >= 4 is 51.0 Å². The van der Waals surface area contributed by atoms with Gasteiger partial charge in [-0.15, -0.1) is 0 Å². The summed E-state index contributed by atoms with van der Waals surface area (Å²) in [7, 11) is 5.61. The molecule has 0 unspecified atom stereocenters. The van der Waals surface area contributed by atoms with E-state index in [4.69, 9.17) is 7.85 Å². The van der Waals surface area contributed by atoms with Crippen LogP contribution in [0.5, 0.6) is 0 Å². The van der Waals surface area contributed by atoms with Gasteiger partial charge in [0.25, 0.3) is 0 Å². The molecule has 0 N–H and O–H groups in total. The maximum absolute atomic E-state index is 5.61. The molecule has 0 spiro atoms. The van der Waals surface area contributed by atoms with E-state index < -0.39 is 0 Å². The van der Waals surface area contributed by atoms with Gasteiger partial charge in [-0.3, -0.25) is 0 Å². The molecule has 0 aliphatic heterocycles. The molecule has 2 aromatic rings. The van der Waals surface area contributed by atoms with E-state index in [0.717, 1.165) is 21.2 Å². The summed E-state index contributed by atoms with van der Waals surface area (Å²) in [6, 6.07) is 1.91. The standard InChI is InChI=1S/C7H4BBrN2S/c8-4-1-5-6(2-9)11-12-7(5)10-3-4/h1,3H,2H2. The summed E-state index contributed by atoms with van der Waals surface area (Å²) < 4.78 is 4.23. The molecule has 2 radical (unpaired) electrons. The first-order valence-electron chi connectivity index (χ1n) is 3.37. The fraction of sp³-hybridized carbons (Fsp3) is 0.143. The van der Waals surface area contributed by atoms with Crippen molar-refractivity contribution in [2.45, 2.75) is 5.33 Å². The van der Waals surface area contributed by atoms with Crippen molar-refractivity contribution in [1.82, 2.24) is 9.36 Å². The molecule has 5 heteroatoms. The Bertz CT molecular complexity index is 415. The summed E-state index contributed by atoms with van der Waals surface area (Å²) in [5, 5.41) is 1.80. The third-order valence-electron chi connectivity index (χ3n) is 1.55. The molecule has 0 aliphatic carbocycles. The molecule has 0 atom stereocenters. The Balaban J connectivity index is 2.75. The Morgan fingerprint density at radius 2 is 2.42 bits per heavy atom. The van der Waals surface area contributed by atoms with E-state index >= 15 is 0 Å². The number of aromatic nitrogens is 2. The Morgan fingerprint density at radius 3 is 3.17 bits per heavy atom. The van der Waals surface area contributed by atoms with E-state index in [2.05, 4.69) is 25.3 Å². The third-order valence-corrected chi connectivity index (χ3v) is 2.89. The van der Waals surface area contributed by atoms with Gasteiger partial charge in [0.15, 0.2) is 0 Å². The van der Waals surface area contributed by atoms with Crippen molar-refractivity contribution in [2.75, 3.05) is 0 Å². The van der Waals surface area contributed by atoms with E-state index in [1.54, 1.807) is 6.20 Å². The number of hydrogen-bond donors (Lipinski definition) is 0. The second kappa shape index (κ2) is 3.14. The monoisotopic (exact) mass is 238 g/mol. The summed E-state index contributed by atoms with van der Waals surface area (Å²) >= 11 is 4.76. The van der Waals surface area contributed by atoms with Crippen molar-refractivity contribution in [3.63, 3.8) is 0 Å². The van der Waals surface area contributed by atoms with Crippen LogP contribution in [0.15, 0.2) is 12.3 Å². The summed E-state index contributed by atoms with van der Waals surface area (Å²) in [6.45, 7) is 0. The van der Waals surface area contributed by atoms with Crippen molar-refractivity contribution < 1.29 is 0 Å². The first-order chi connectivity index (χ1) is 5.81. The van der Waals surface area contributed by atoms with Crippen LogP contribution in [-0.4, -0.2) is 17.2 Å². The highest BCUT2D eigenvalue weighted by Gasteiger charge is 2.04. The zero-order chi connectivity index (χ0) is 8.55. The van der Waals surface area contributed by atoms with Gasteiger partial charge in [-0.05, 0) is 11.5 Å². The Kier molecular flexibility index (Phi) is 2.15. The maximum Gasteiger partial charge on any atom is 0.143 e. The van der Waals surface area contributed by atoms with Gasteiger partial charge in [0, 0.05) is 16.9 Å². The molecule has 2 aromatic heterocycles. The molecule has 0 bridgehead atoms. The van der Waals surface area contributed by atoms with Crippen LogP contribution in [0.25, 0.3) is 10.2 Å². The van der Waals surface area contributed by atoms with Crippen molar-refractivity contribution in [3.8, 4) is 0 Å². The minimum atomic E-state index is 0.685. The number of alkyl halides is 1. The molecule has 58 valence electrons. The second-order valence-electron chi connectivity index (χ2n) is 2.38. The second-order valence-corrected chi connectivity index (χ2v) is 3.70. The number of halogens is 1. The van der Waals surface area contributed by atoms with E-state index in [1.807, 2.05) is 6.07 Å². The van der Waals surface area contributed by atoms with Gasteiger partial charge in [-0.1, -0.05) is 27.5 Å². The molecule has 0 aromatic carbocycles. The molecule has 2 heterocycles. The fourth-order valence-electron chi connectivity index (χ4n) is 0.992. The maximum atomic E-state index is 5.61. The summed E-state index contributed by atoms with van der Waals surface area (Å²) in [5.74, 6) is 0. The number of nitrogens with zero attached hydrogens (tertiary/aromatic N) is 2. The zero-order valence-electron chi connectivity index (χ0n) is 6.12. The van der Waals surface area contributed by atoms with Crippen LogP contribution in [0.2, 0.25) is 0 Å². The smallest absolute Gasteiger partial charge is 0.143 e.